The summed E-state index contributed by atoms with van der Waals surface area (Å²) < 4.78 is 0. The van der Waals surface area contributed by atoms with Crippen LogP contribution in [0.25, 0.3) is 0 Å². The molecule has 4 unspecified atom stereocenters. The minimum atomic E-state index is -0.322. The topological polar surface area (TPSA) is 61.4 Å². The van der Waals surface area contributed by atoms with E-state index < -0.39 is 0 Å². The van der Waals surface area contributed by atoms with Gasteiger partial charge in [0.25, 0.3) is 0 Å². The molecular formula is C19H28N2O2. The van der Waals surface area contributed by atoms with Crippen LogP contribution in [0.3, 0.4) is 0 Å². The minimum Gasteiger partial charge on any atom is -0.393 e. The second-order valence-corrected chi connectivity index (χ2v) is 7.34. The van der Waals surface area contributed by atoms with Gasteiger partial charge in [-0.05, 0) is 67.6 Å². The van der Waals surface area contributed by atoms with Crippen LogP contribution in [0.2, 0.25) is 0 Å². The molecule has 0 heterocycles. The molecule has 2 amide bonds. The molecule has 1 aromatic carbocycles. The third kappa shape index (κ3) is 3.69. The minimum absolute atomic E-state index is 0.0938. The molecule has 2 aliphatic rings. The molecule has 0 spiro atoms. The van der Waals surface area contributed by atoms with E-state index in [4.69, 9.17) is 0 Å². The highest BCUT2D eigenvalue weighted by Gasteiger charge is 2.35. The van der Waals surface area contributed by atoms with Gasteiger partial charge in [0.05, 0.1) is 12.1 Å². The quantitative estimate of drug-likeness (QED) is 0.781. The number of aliphatic hydroxyl groups is 1. The largest absolute Gasteiger partial charge is 0.393 e. The molecule has 0 saturated heterocycles. The number of hydrogen-bond acceptors (Lipinski definition) is 2. The fraction of sp³-hybridized carbons (Fsp3) is 0.632. The maximum atomic E-state index is 12.2. The van der Waals surface area contributed by atoms with E-state index in [-0.39, 0.29) is 24.1 Å². The van der Waals surface area contributed by atoms with Crippen LogP contribution in [0.15, 0.2) is 18.2 Å². The molecule has 0 radical (unpaired) electrons. The van der Waals surface area contributed by atoms with Crippen molar-refractivity contribution in [3.05, 3.63) is 34.9 Å². The molecule has 3 N–H and O–H groups in total. The smallest absolute Gasteiger partial charge is 0.315 e. The molecule has 0 aromatic heterocycles. The summed E-state index contributed by atoms with van der Waals surface area (Å²) in [6, 6.07) is 6.58. The first kappa shape index (κ1) is 16.3. The van der Waals surface area contributed by atoms with Gasteiger partial charge in [-0.3, -0.25) is 0 Å². The Bertz CT molecular complexity index is 570. The third-order valence-electron chi connectivity index (χ3n) is 5.19. The zero-order chi connectivity index (χ0) is 16.4. The monoisotopic (exact) mass is 316 g/mol. The molecule has 4 nitrogen and oxygen atoms in total. The van der Waals surface area contributed by atoms with Crippen LogP contribution in [-0.2, 0) is 6.42 Å². The van der Waals surface area contributed by atoms with E-state index in [2.05, 4.69) is 28.8 Å². The lowest BCUT2D eigenvalue weighted by atomic mass is 9.84. The van der Waals surface area contributed by atoms with Gasteiger partial charge in [0.15, 0.2) is 0 Å². The van der Waals surface area contributed by atoms with Crippen LogP contribution in [-0.4, -0.2) is 23.8 Å². The fourth-order valence-corrected chi connectivity index (χ4v) is 4.26. The SMILES string of the molecule is CC(O)CC(C)CNC(=O)NC1CC2CCCc3cccc1c32. The normalized spacial score (nSPS) is 24.7. The molecule has 1 aromatic rings. The number of carbonyl (C=O) groups is 1. The predicted octanol–water partition coefficient (Wildman–Crippen LogP) is 3.26. The van der Waals surface area contributed by atoms with Crippen molar-refractivity contribution >= 4 is 6.03 Å². The summed E-state index contributed by atoms with van der Waals surface area (Å²) >= 11 is 0. The third-order valence-corrected chi connectivity index (χ3v) is 5.19. The number of benzene rings is 1. The Morgan fingerprint density at radius 3 is 3.00 bits per heavy atom. The van der Waals surface area contributed by atoms with Crippen molar-refractivity contribution in [1.29, 1.82) is 0 Å². The van der Waals surface area contributed by atoms with Gasteiger partial charge in [0.1, 0.15) is 0 Å². The van der Waals surface area contributed by atoms with Gasteiger partial charge in [0.2, 0.25) is 0 Å². The predicted molar refractivity (Wildman–Crippen MR) is 91.5 cm³/mol. The standard InChI is InChI=1S/C19H28N2O2/c1-12(9-13(2)22)11-20-19(23)21-17-10-15-7-3-5-14-6-4-8-16(17)18(14)15/h4,6,8,12-13,15,17,22H,3,5,7,9-11H2,1-2H3,(H2,20,21,23). The molecule has 0 aliphatic heterocycles. The number of amides is 2. The molecule has 2 aliphatic carbocycles. The Labute approximate surface area is 138 Å². The van der Waals surface area contributed by atoms with Crippen LogP contribution in [0, 0.1) is 5.92 Å². The first-order valence-electron chi connectivity index (χ1n) is 8.88. The lowest BCUT2D eigenvalue weighted by Gasteiger charge is -2.20. The first-order chi connectivity index (χ1) is 11.0. The van der Waals surface area contributed by atoms with Crippen LogP contribution in [0.5, 0.6) is 0 Å². The number of aryl methyl sites for hydroxylation is 1. The summed E-state index contributed by atoms with van der Waals surface area (Å²) in [4.78, 5) is 12.2. The summed E-state index contributed by atoms with van der Waals surface area (Å²) in [5.41, 5.74) is 4.31. The van der Waals surface area contributed by atoms with Crippen LogP contribution in [0.4, 0.5) is 4.79 Å². The Balaban J connectivity index is 1.58. The highest BCUT2D eigenvalue weighted by Crippen LogP contribution is 2.47. The average molecular weight is 316 g/mol. The van der Waals surface area contributed by atoms with Gasteiger partial charge in [-0.25, -0.2) is 4.79 Å². The van der Waals surface area contributed by atoms with Crippen molar-refractivity contribution in [3.63, 3.8) is 0 Å². The van der Waals surface area contributed by atoms with Gasteiger partial charge in [-0.15, -0.1) is 0 Å². The van der Waals surface area contributed by atoms with E-state index in [9.17, 15) is 9.90 Å². The van der Waals surface area contributed by atoms with Crippen molar-refractivity contribution < 1.29 is 9.90 Å². The van der Waals surface area contributed by atoms with E-state index in [1.54, 1.807) is 6.92 Å². The second kappa shape index (κ2) is 6.91. The summed E-state index contributed by atoms with van der Waals surface area (Å²) in [7, 11) is 0. The average Bonchev–Trinajstić information content (AvgIpc) is 2.85. The van der Waals surface area contributed by atoms with Crippen LogP contribution >= 0.6 is 0 Å². The van der Waals surface area contributed by atoms with Crippen LogP contribution < -0.4 is 10.6 Å². The Kier molecular flexibility index (Phi) is 4.90. The van der Waals surface area contributed by atoms with Crippen molar-refractivity contribution in [2.45, 2.75) is 64.0 Å². The number of urea groups is 1. The van der Waals surface area contributed by atoms with Gasteiger partial charge >= 0.3 is 6.03 Å². The first-order valence-corrected chi connectivity index (χ1v) is 8.88. The van der Waals surface area contributed by atoms with Crippen molar-refractivity contribution in [3.8, 4) is 0 Å². The van der Waals surface area contributed by atoms with E-state index >= 15 is 0 Å². The molecule has 0 saturated carbocycles. The molecule has 126 valence electrons. The molecule has 3 rings (SSSR count). The molecule has 4 atom stereocenters. The van der Waals surface area contributed by atoms with E-state index in [1.807, 2.05) is 6.92 Å². The fourth-order valence-electron chi connectivity index (χ4n) is 4.26. The van der Waals surface area contributed by atoms with E-state index in [0.717, 1.165) is 6.42 Å². The number of aliphatic hydroxyl groups excluding tert-OH is 1. The van der Waals surface area contributed by atoms with E-state index in [0.29, 0.717) is 18.9 Å². The maximum Gasteiger partial charge on any atom is 0.315 e. The Morgan fingerprint density at radius 1 is 1.39 bits per heavy atom. The van der Waals surface area contributed by atoms with Crippen LogP contribution in [0.1, 0.15) is 68.2 Å². The lowest BCUT2D eigenvalue weighted by Crippen LogP contribution is -2.39. The molecule has 23 heavy (non-hydrogen) atoms. The van der Waals surface area contributed by atoms with Gasteiger partial charge in [-0.1, -0.05) is 25.1 Å². The lowest BCUT2D eigenvalue weighted by molar-refractivity contribution is 0.163. The van der Waals surface area contributed by atoms with Crippen molar-refractivity contribution in [2.75, 3.05) is 6.54 Å². The zero-order valence-electron chi connectivity index (χ0n) is 14.1. The highest BCUT2D eigenvalue weighted by molar-refractivity contribution is 5.74. The highest BCUT2D eigenvalue weighted by atomic mass is 16.3. The van der Waals surface area contributed by atoms with Crippen molar-refractivity contribution in [1.82, 2.24) is 10.6 Å². The summed E-state index contributed by atoms with van der Waals surface area (Å²) in [6.07, 6.45) is 5.10. The molecular weight excluding hydrogens is 288 g/mol. The summed E-state index contributed by atoms with van der Waals surface area (Å²) in [5, 5.41) is 15.5. The number of carbonyl (C=O) groups excluding carboxylic acids is 1. The van der Waals surface area contributed by atoms with Crippen molar-refractivity contribution in [2.24, 2.45) is 5.92 Å². The summed E-state index contributed by atoms with van der Waals surface area (Å²) in [6.45, 7) is 4.42. The number of hydrogen-bond donors (Lipinski definition) is 3. The van der Waals surface area contributed by atoms with Gasteiger partial charge < -0.3 is 15.7 Å². The molecule has 0 bridgehead atoms. The number of nitrogens with one attached hydrogen (secondary N) is 2. The second-order valence-electron chi connectivity index (χ2n) is 7.34. The summed E-state index contributed by atoms with van der Waals surface area (Å²) in [5.74, 6) is 0.896. The van der Waals surface area contributed by atoms with Gasteiger partial charge in [0, 0.05) is 6.54 Å². The molecule has 0 fully saturated rings. The number of rotatable bonds is 5. The Morgan fingerprint density at radius 2 is 2.22 bits per heavy atom. The van der Waals surface area contributed by atoms with Gasteiger partial charge in [-0.2, -0.15) is 0 Å². The Hall–Kier alpha value is -1.55. The molecule has 4 heteroatoms. The maximum absolute atomic E-state index is 12.2. The zero-order valence-corrected chi connectivity index (χ0v) is 14.1. The van der Waals surface area contributed by atoms with E-state index in [1.165, 1.54) is 36.0 Å².